The van der Waals surface area contributed by atoms with Gasteiger partial charge in [0.25, 0.3) is 0 Å². The van der Waals surface area contributed by atoms with E-state index < -0.39 is 0 Å². The summed E-state index contributed by atoms with van der Waals surface area (Å²) < 4.78 is 13.0. The number of hydrogen-bond donors (Lipinski definition) is 1. The molecule has 1 saturated carbocycles. The Kier molecular flexibility index (Phi) is 5.96. The standard InChI is InChI=1S/C28H35N5O2/c1-17(2)26-22-12-23(20-6-4-18(5-7-20)10-19-8-9-35-15-19)29-13-24(22)32-27(26)21-11-25(34-3)28-30-16-31-33(28)14-21/h11-14,16-20,32H,4-10,15H2,1-3H3. The lowest BCUT2D eigenvalue weighted by molar-refractivity contribution is 0.174. The number of aromatic amines is 1. The van der Waals surface area contributed by atoms with E-state index in [2.05, 4.69) is 35.0 Å². The molecule has 1 atom stereocenters. The van der Waals surface area contributed by atoms with Crippen molar-refractivity contribution in [1.82, 2.24) is 24.6 Å². The number of H-pyrrole nitrogens is 1. The Hall–Kier alpha value is -2.93. The monoisotopic (exact) mass is 473 g/mol. The number of fused-ring (bicyclic) bond motifs is 2. The first-order valence-corrected chi connectivity index (χ1v) is 13.1. The lowest BCUT2D eigenvalue weighted by Gasteiger charge is -2.29. The zero-order valence-corrected chi connectivity index (χ0v) is 21.0. The minimum Gasteiger partial charge on any atom is -0.493 e. The molecule has 0 amide bonds. The maximum Gasteiger partial charge on any atom is 0.197 e. The van der Waals surface area contributed by atoms with Gasteiger partial charge in [-0.25, -0.2) is 9.50 Å². The van der Waals surface area contributed by atoms with Crippen molar-refractivity contribution in [3.05, 3.63) is 42.1 Å². The number of rotatable bonds is 6. The molecule has 35 heavy (non-hydrogen) atoms. The van der Waals surface area contributed by atoms with Gasteiger partial charge in [0, 0.05) is 42.0 Å². The Morgan fingerprint density at radius 3 is 2.71 bits per heavy atom. The van der Waals surface area contributed by atoms with Crippen LogP contribution in [0.1, 0.15) is 75.5 Å². The number of pyridine rings is 2. The molecule has 1 saturated heterocycles. The van der Waals surface area contributed by atoms with Gasteiger partial charge in [-0.1, -0.05) is 13.8 Å². The first kappa shape index (κ1) is 22.5. The van der Waals surface area contributed by atoms with Crippen LogP contribution in [0.3, 0.4) is 0 Å². The molecule has 1 unspecified atom stereocenters. The van der Waals surface area contributed by atoms with Crippen LogP contribution in [0.4, 0.5) is 0 Å². The van der Waals surface area contributed by atoms with E-state index in [1.807, 2.05) is 18.5 Å². The molecular weight excluding hydrogens is 438 g/mol. The van der Waals surface area contributed by atoms with Gasteiger partial charge >= 0.3 is 0 Å². The fourth-order valence-corrected chi connectivity index (χ4v) is 6.30. The zero-order valence-electron chi connectivity index (χ0n) is 21.0. The number of aromatic nitrogens is 5. The third-order valence-electron chi connectivity index (χ3n) is 8.13. The van der Waals surface area contributed by atoms with E-state index >= 15 is 0 Å². The van der Waals surface area contributed by atoms with E-state index in [1.165, 1.54) is 55.2 Å². The van der Waals surface area contributed by atoms with E-state index in [9.17, 15) is 0 Å². The summed E-state index contributed by atoms with van der Waals surface area (Å²) in [5.41, 5.74) is 6.51. The summed E-state index contributed by atoms with van der Waals surface area (Å²) in [4.78, 5) is 12.9. The van der Waals surface area contributed by atoms with Gasteiger partial charge in [-0.15, -0.1) is 0 Å². The molecule has 1 N–H and O–H groups in total. The molecule has 2 fully saturated rings. The van der Waals surface area contributed by atoms with Crippen LogP contribution in [0, 0.1) is 11.8 Å². The molecule has 7 nitrogen and oxygen atoms in total. The van der Waals surface area contributed by atoms with Crippen molar-refractivity contribution < 1.29 is 9.47 Å². The fourth-order valence-electron chi connectivity index (χ4n) is 6.30. The molecule has 0 bridgehead atoms. The summed E-state index contributed by atoms with van der Waals surface area (Å²) in [6, 6.07) is 4.40. The Balaban J connectivity index is 1.30. The number of ether oxygens (including phenoxy) is 2. The minimum atomic E-state index is 0.357. The molecule has 184 valence electrons. The van der Waals surface area contributed by atoms with Crippen molar-refractivity contribution in [2.45, 2.75) is 64.2 Å². The Labute approximate surface area is 206 Å². The van der Waals surface area contributed by atoms with Crippen molar-refractivity contribution in [2.24, 2.45) is 11.8 Å². The highest BCUT2D eigenvalue weighted by molar-refractivity contribution is 5.91. The van der Waals surface area contributed by atoms with Gasteiger partial charge < -0.3 is 14.5 Å². The van der Waals surface area contributed by atoms with E-state index in [-0.39, 0.29) is 0 Å². The number of nitrogens with zero attached hydrogens (tertiary/aromatic N) is 4. The highest BCUT2D eigenvalue weighted by atomic mass is 16.5. The number of methoxy groups -OCH3 is 1. The van der Waals surface area contributed by atoms with Crippen molar-refractivity contribution in [1.29, 1.82) is 0 Å². The maximum atomic E-state index is 5.61. The van der Waals surface area contributed by atoms with Crippen molar-refractivity contribution in [3.63, 3.8) is 0 Å². The highest BCUT2D eigenvalue weighted by Crippen LogP contribution is 2.41. The SMILES string of the molecule is COc1cc(-c2[nH]c3cnc(C4CCC(CC5CCOC5)CC4)cc3c2C(C)C)cn2ncnc12. The second-order valence-electron chi connectivity index (χ2n) is 10.7. The molecule has 4 aromatic heterocycles. The largest absolute Gasteiger partial charge is 0.493 e. The first-order valence-electron chi connectivity index (χ1n) is 13.1. The van der Waals surface area contributed by atoms with Gasteiger partial charge in [-0.3, -0.25) is 4.98 Å². The smallest absolute Gasteiger partial charge is 0.197 e. The minimum absolute atomic E-state index is 0.357. The summed E-state index contributed by atoms with van der Waals surface area (Å²) in [5.74, 6) is 3.27. The van der Waals surface area contributed by atoms with Crippen LogP contribution in [0.15, 0.2) is 30.9 Å². The molecule has 5 heterocycles. The first-order chi connectivity index (χ1) is 17.1. The van der Waals surface area contributed by atoms with Crippen LogP contribution in [-0.4, -0.2) is 44.9 Å². The van der Waals surface area contributed by atoms with Gasteiger partial charge in [-0.2, -0.15) is 5.10 Å². The third-order valence-corrected chi connectivity index (χ3v) is 8.13. The van der Waals surface area contributed by atoms with Gasteiger partial charge in [-0.05, 0) is 74.0 Å². The van der Waals surface area contributed by atoms with Gasteiger partial charge in [0.2, 0.25) is 0 Å². The van der Waals surface area contributed by atoms with Crippen molar-refractivity contribution in [3.8, 4) is 17.0 Å². The molecule has 1 aliphatic carbocycles. The van der Waals surface area contributed by atoms with E-state index in [0.29, 0.717) is 17.6 Å². The average molecular weight is 474 g/mol. The lowest BCUT2D eigenvalue weighted by atomic mass is 9.76. The van der Waals surface area contributed by atoms with Crippen molar-refractivity contribution in [2.75, 3.05) is 20.3 Å². The van der Waals surface area contributed by atoms with Crippen LogP contribution >= 0.6 is 0 Å². The second-order valence-corrected chi connectivity index (χ2v) is 10.7. The van der Waals surface area contributed by atoms with Crippen LogP contribution < -0.4 is 4.74 Å². The zero-order chi connectivity index (χ0) is 23.9. The quantitative estimate of drug-likeness (QED) is 0.366. The molecule has 7 heteroatoms. The molecule has 0 radical (unpaired) electrons. The highest BCUT2D eigenvalue weighted by Gasteiger charge is 2.28. The fraction of sp³-hybridized carbons (Fsp3) is 0.536. The second kappa shape index (κ2) is 9.26. The third kappa shape index (κ3) is 4.20. The Morgan fingerprint density at radius 2 is 1.97 bits per heavy atom. The number of nitrogens with one attached hydrogen (secondary N) is 1. The summed E-state index contributed by atoms with van der Waals surface area (Å²) >= 11 is 0. The molecular formula is C28H35N5O2. The summed E-state index contributed by atoms with van der Waals surface area (Å²) in [7, 11) is 1.68. The Bertz CT molecular complexity index is 1330. The summed E-state index contributed by atoms with van der Waals surface area (Å²) in [5, 5.41) is 5.63. The van der Waals surface area contributed by atoms with Crippen LogP contribution in [0.25, 0.3) is 27.8 Å². The van der Waals surface area contributed by atoms with Gasteiger partial charge in [0.15, 0.2) is 11.4 Å². The predicted molar refractivity (Wildman–Crippen MR) is 137 cm³/mol. The van der Waals surface area contributed by atoms with E-state index in [4.69, 9.17) is 14.5 Å². The molecule has 6 rings (SSSR count). The molecule has 4 aromatic rings. The molecule has 1 aliphatic heterocycles. The predicted octanol–water partition coefficient (Wildman–Crippen LogP) is 6.11. The van der Waals surface area contributed by atoms with Gasteiger partial charge in [0.05, 0.1) is 24.5 Å². The van der Waals surface area contributed by atoms with Gasteiger partial charge in [0.1, 0.15) is 6.33 Å². The lowest BCUT2D eigenvalue weighted by Crippen LogP contribution is -2.17. The normalized spacial score (nSPS) is 23.0. The number of hydrogen-bond acceptors (Lipinski definition) is 5. The Morgan fingerprint density at radius 1 is 1.11 bits per heavy atom. The maximum absolute atomic E-state index is 5.61. The summed E-state index contributed by atoms with van der Waals surface area (Å²) in [6.45, 7) is 6.45. The average Bonchev–Trinajstić information content (AvgIpc) is 3.62. The summed E-state index contributed by atoms with van der Waals surface area (Å²) in [6.07, 6.45) is 13.3. The van der Waals surface area contributed by atoms with Crippen LogP contribution in [0.2, 0.25) is 0 Å². The van der Waals surface area contributed by atoms with Crippen LogP contribution in [0.5, 0.6) is 5.75 Å². The molecule has 0 aromatic carbocycles. The molecule has 0 spiro atoms. The molecule has 2 aliphatic rings. The van der Waals surface area contributed by atoms with E-state index in [1.54, 1.807) is 18.0 Å². The van der Waals surface area contributed by atoms with Crippen molar-refractivity contribution >= 4 is 16.6 Å². The van der Waals surface area contributed by atoms with Crippen LogP contribution in [-0.2, 0) is 4.74 Å². The topological polar surface area (TPSA) is 77.3 Å². The van der Waals surface area contributed by atoms with E-state index in [0.717, 1.165) is 47.5 Å².